The average molecular weight is 966 g/mol. The number of carboxylic acids is 3. The van der Waals surface area contributed by atoms with Crippen LogP contribution in [0.15, 0.2) is 0 Å². The number of unbranched alkanes of at least 4 members (excludes halogenated alkanes) is 42. The Morgan fingerprint density at radius 1 is 0.213 bits per heavy atom. The van der Waals surface area contributed by atoms with Gasteiger partial charge in [-0.1, -0.05) is 290 Å². The molecule has 0 unspecified atom stereocenters. The molecule has 0 saturated carbocycles. The van der Waals surface area contributed by atoms with E-state index >= 15 is 0 Å². The van der Waals surface area contributed by atoms with Gasteiger partial charge in [-0.2, -0.15) is 0 Å². The molecule has 0 bridgehead atoms. The number of rotatable bonds is 48. The molecular weight excluding hydrogens is 857 g/mol. The van der Waals surface area contributed by atoms with Crippen molar-refractivity contribution < 1.29 is 57.0 Å². The molecule has 0 amide bonds. The van der Waals surface area contributed by atoms with Crippen LogP contribution in [-0.4, -0.2) is 33.2 Å². The van der Waals surface area contributed by atoms with Gasteiger partial charge in [0.2, 0.25) is 0 Å². The van der Waals surface area contributed by atoms with Crippen molar-refractivity contribution in [2.24, 2.45) is 0 Å². The summed E-state index contributed by atoms with van der Waals surface area (Å²) in [5.41, 5.74) is 0. The molecule has 362 valence electrons. The molecule has 0 atom stereocenters. The van der Waals surface area contributed by atoms with Crippen molar-refractivity contribution >= 4 is 17.9 Å². The smallest absolute Gasteiger partial charge is 0.303 e. The molecule has 0 aliphatic rings. The predicted molar refractivity (Wildman–Crippen MR) is 262 cm³/mol. The van der Waals surface area contributed by atoms with E-state index < -0.39 is 17.9 Å². The fourth-order valence-electron chi connectivity index (χ4n) is 7.94. The summed E-state index contributed by atoms with van der Waals surface area (Å²) in [6.07, 6.45) is 60.6. The van der Waals surface area contributed by atoms with Gasteiger partial charge in [0.05, 0.1) is 0 Å². The Bertz CT molecular complexity index is 717. The van der Waals surface area contributed by atoms with Crippen molar-refractivity contribution in [2.75, 3.05) is 0 Å². The molecule has 0 spiro atoms. The number of carboxylic acid groups (broad SMARTS) is 3. The molecule has 0 rings (SSSR count). The van der Waals surface area contributed by atoms with Gasteiger partial charge in [0, 0.05) is 46.6 Å². The minimum absolute atomic E-state index is 0. The third kappa shape index (κ3) is 77.0. The molecule has 0 saturated heterocycles. The first-order valence-electron chi connectivity index (χ1n) is 27.0. The van der Waals surface area contributed by atoms with Gasteiger partial charge in [-0.05, 0) is 19.3 Å². The topological polar surface area (TPSA) is 112 Å². The van der Waals surface area contributed by atoms with Crippen LogP contribution in [0.2, 0.25) is 0 Å². The summed E-state index contributed by atoms with van der Waals surface area (Å²) >= 11 is 0. The van der Waals surface area contributed by atoms with Crippen molar-refractivity contribution in [3.8, 4) is 0 Å². The van der Waals surface area contributed by atoms with Crippen LogP contribution in [0, 0.1) is 0 Å². The van der Waals surface area contributed by atoms with E-state index in [-0.39, 0.29) is 27.3 Å². The Morgan fingerprint density at radius 2 is 0.311 bits per heavy atom. The summed E-state index contributed by atoms with van der Waals surface area (Å²) in [7, 11) is 0. The Morgan fingerprint density at radius 3 is 0.410 bits per heavy atom. The Hall–Kier alpha value is -0.668. The second-order valence-corrected chi connectivity index (χ2v) is 18.3. The van der Waals surface area contributed by atoms with Gasteiger partial charge in [-0.15, -0.1) is 0 Å². The molecule has 7 heteroatoms. The van der Waals surface area contributed by atoms with Crippen LogP contribution >= 0.6 is 0 Å². The molecular formula is C54H108CdO6. The van der Waals surface area contributed by atoms with E-state index in [1.165, 1.54) is 250 Å². The Balaban J connectivity index is -0.000000396. The van der Waals surface area contributed by atoms with Gasteiger partial charge in [0.25, 0.3) is 0 Å². The molecule has 6 nitrogen and oxygen atoms in total. The third-order valence-corrected chi connectivity index (χ3v) is 12.0. The molecule has 61 heavy (non-hydrogen) atoms. The maximum atomic E-state index is 10.3. The van der Waals surface area contributed by atoms with Crippen molar-refractivity contribution in [1.82, 2.24) is 0 Å². The summed E-state index contributed by atoms with van der Waals surface area (Å²) in [6, 6.07) is 0. The van der Waals surface area contributed by atoms with Gasteiger partial charge >= 0.3 is 17.9 Å². The maximum Gasteiger partial charge on any atom is 0.303 e. The Kier molecular flexibility index (Phi) is 69.8. The second kappa shape index (κ2) is 63.6. The van der Waals surface area contributed by atoms with Crippen LogP contribution < -0.4 is 0 Å². The first kappa shape index (κ1) is 66.9. The zero-order valence-corrected chi connectivity index (χ0v) is 45.8. The van der Waals surface area contributed by atoms with E-state index in [1.54, 1.807) is 0 Å². The minimum Gasteiger partial charge on any atom is -0.481 e. The van der Waals surface area contributed by atoms with Crippen molar-refractivity contribution in [2.45, 2.75) is 329 Å². The van der Waals surface area contributed by atoms with E-state index in [4.69, 9.17) is 15.3 Å². The van der Waals surface area contributed by atoms with Gasteiger partial charge in [-0.3, -0.25) is 14.4 Å². The van der Waals surface area contributed by atoms with Crippen LogP contribution in [0.3, 0.4) is 0 Å². The summed E-state index contributed by atoms with van der Waals surface area (Å²) < 4.78 is 0. The summed E-state index contributed by atoms with van der Waals surface area (Å²) in [4.78, 5) is 31.0. The molecule has 0 aromatic heterocycles. The number of hydrogen-bond acceptors (Lipinski definition) is 3. The first-order valence-corrected chi connectivity index (χ1v) is 27.0. The minimum atomic E-state index is -0.653. The monoisotopic (exact) mass is 967 g/mol. The molecule has 0 heterocycles. The van der Waals surface area contributed by atoms with E-state index in [0.717, 1.165) is 38.5 Å². The van der Waals surface area contributed by atoms with Crippen LogP contribution in [0.25, 0.3) is 0 Å². The molecule has 0 fully saturated rings. The number of hydrogen-bond donors (Lipinski definition) is 3. The van der Waals surface area contributed by atoms with Crippen LogP contribution in [0.1, 0.15) is 329 Å². The average Bonchev–Trinajstić information content (AvgIpc) is 3.22. The van der Waals surface area contributed by atoms with Gasteiger partial charge in [0.1, 0.15) is 0 Å². The summed E-state index contributed by atoms with van der Waals surface area (Å²) in [6.45, 7) is 6.81. The van der Waals surface area contributed by atoms with E-state index in [2.05, 4.69) is 20.8 Å². The summed E-state index contributed by atoms with van der Waals surface area (Å²) in [5, 5.41) is 25.6. The largest absolute Gasteiger partial charge is 0.481 e. The van der Waals surface area contributed by atoms with Crippen LogP contribution in [0.5, 0.6) is 0 Å². The van der Waals surface area contributed by atoms with Crippen molar-refractivity contribution in [3.63, 3.8) is 0 Å². The third-order valence-electron chi connectivity index (χ3n) is 12.0. The fourth-order valence-corrected chi connectivity index (χ4v) is 7.94. The van der Waals surface area contributed by atoms with Crippen LogP contribution in [0.4, 0.5) is 0 Å². The SMILES string of the molecule is CCCCCCCCCCCCCCCCCC(=O)O.CCCCCCCCCCCCCCCCCC(=O)O.CCCCCCCCCCCCCCCCCC(=O)O.[Cd]. The Labute approximate surface area is 401 Å². The van der Waals surface area contributed by atoms with E-state index in [9.17, 15) is 14.4 Å². The van der Waals surface area contributed by atoms with Gasteiger partial charge in [-0.25, -0.2) is 0 Å². The number of carbonyl (C=O) groups is 3. The zero-order chi connectivity index (χ0) is 44.7. The molecule has 0 aliphatic carbocycles. The molecule has 0 aliphatic heterocycles. The second-order valence-electron chi connectivity index (χ2n) is 18.3. The van der Waals surface area contributed by atoms with Crippen molar-refractivity contribution in [3.05, 3.63) is 0 Å². The molecule has 0 aromatic rings. The normalized spacial score (nSPS) is 10.7. The number of aliphatic carboxylic acids is 3. The zero-order valence-electron chi connectivity index (χ0n) is 41.7. The van der Waals surface area contributed by atoms with Crippen LogP contribution in [-0.2, 0) is 41.7 Å². The standard InChI is InChI=1S/3C18H36O2.Cd/c3*1-2-3-4-5-6-7-8-9-10-11-12-13-14-15-16-17-18(19)20;/h3*2-17H2,1H3,(H,19,20);. The predicted octanol–water partition coefficient (Wildman–Crippen LogP) is 19.0. The van der Waals surface area contributed by atoms with Gasteiger partial charge < -0.3 is 15.3 Å². The molecule has 0 radical (unpaired) electrons. The summed E-state index contributed by atoms with van der Waals surface area (Å²) in [5.74, 6) is -1.96. The first-order chi connectivity index (χ1) is 29.3. The molecule has 0 aromatic carbocycles. The maximum absolute atomic E-state index is 10.3. The van der Waals surface area contributed by atoms with E-state index in [1.807, 2.05) is 0 Å². The van der Waals surface area contributed by atoms with Gasteiger partial charge in [0.15, 0.2) is 0 Å². The fraction of sp³-hybridized carbons (Fsp3) is 0.944. The van der Waals surface area contributed by atoms with Crippen molar-refractivity contribution in [1.29, 1.82) is 0 Å². The van der Waals surface area contributed by atoms with E-state index in [0.29, 0.717) is 19.3 Å². The molecule has 3 N–H and O–H groups in total. The quantitative estimate of drug-likeness (QED) is 0.0414.